The first kappa shape index (κ1) is 12.5. The molecule has 0 spiro atoms. The Morgan fingerprint density at radius 3 is 3.00 bits per heavy atom. The number of hydrogen-bond acceptors (Lipinski definition) is 5. The van der Waals surface area contributed by atoms with Crippen molar-refractivity contribution >= 4 is 5.69 Å². The lowest BCUT2D eigenvalue weighted by Gasteiger charge is -1.98. The van der Waals surface area contributed by atoms with Crippen LogP contribution in [0.1, 0.15) is 19.2 Å². The van der Waals surface area contributed by atoms with Crippen molar-refractivity contribution < 1.29 is 13.7 Å². The zero-order chi connectivity index (χ0) is 13.0. The Balaban J connectivity index is 2.11. The summed E-state index contributed by atoms with van der Waals surface area (Å²) in [6, 6.07) is 4.26. The summed E-state index contributed by atoms with van der Waals surface area (Å²) in [6.45, 7) is 2.96. The van der Waals surface area contributed by atoms with E-state index in [-0.39, 0.29) is 5.69 Å². The van der Waals surface area contributed by atoms with Crippen molar-refractivity contribution in [2.75, 3.05) is 12.3 Å². The topological polar surface area (TPSA) is 74.2 Å². The monoisotopic (exact) mass is 251 g/mol. The van der Waals surface area contributed by atoms with Gasteiger partial charge in [0.05, 0.1) is 5.69 Å². The average molecular weight is 251 g/mol. The van der Waals surface area contributed by atoms with E-state index in [2.05, 4.69) is 10.1 Å². The van der Waals surface area contributed by atoms with E-state index in [1.165, 1.54) is 18.2 Å². The van der Waals surface area contributed by atoms with Crippen LogP contribution in [0.25, 0.3) is 11.5 Å². The minimum Gasteiger partial charge on any atom is -0.396 e. The second kappa shape index (κ2) is 5.59. The van der Waals surface area contributed by atoms with Crippen LogP contribution < -0.4 is 5.73 Å². The van der Waals surface area contributed by atoms with Crippen LogP contribution in [0.2, 0.25) is 0 Å². The zero-order valence-corrected chi connectivity index (χ0v) is 10.0. The van der Waals surface area contributed by atoms with E-state index in [9.17, 15) is 4.39 Å². The molecule has 0 bridgehead atoms. The Kier molecular flexibility index (Phi) is 3.88. The van der Waals surface area contributed by atoms with Gasteiger partial charge in [0, 0.05) is 12.2 Å². The Bertz CT molecular complexity index is 528. The first-order valence-corrected chi connectivity index (χ1v) is 5.66. The molecular formula is C12H14FN3O2. The molecule has 96 valence electrons. The number of nitrogens with two attached hydrogens (primary N) is 1. The van der Waals surface area contributed by atoms with Crippen LogP contribution in [-0.4, -0.2) is 16.7 Å². The smallest absolute Gasteiger partial charge is 0.258 e. The van der Waals surface area contributed by atoms with Crippen molar-refractivity contribution in [1.29, 1.82) is 0 Å². The van der Waals surface area contributed by atoms with Crippen LogP contribution in [0.4, 0.5) is 10.1 Å². The van der Waals surface area contributed by atoms with Crippen LogP contribution in [0, 0.1) is 5.82 Å². The molecule has 0 aliphatic heterocycles. The van der Waals surface area contributed by atoms with E-state index in [0.29, 0.717) is 30.5 Å². The second-order valence-corrected chi connectivity index (χ2v) is 3.80. The van der Waals surface area contributed by atoms with Crippen LogP contribution in [-0.2, 0) is 11.3 Å². The number of rotatable bonds is 5. The molecule has 0 aliphatic carbocycles. The number of benzene rings is 1. The molecule has 2 rings (SSSR count). The summed E-state index contributed by atoms with van der Waals surface area (Å²) in [5.41, 5.74) is 6.11. The van der Waals surface area contributed by atoms with Gasteiger partial charge in [-0.3, -0.25) is 0 Å². The molecule has 1 heterocycles. The molecule has 0 atom stereocenters. The molecule has 0 fully saturated rings. The standard InChI is InChI=1S/C12H14FN3O2/c1-2-5-17-7-11-15-12(18-16-11)8-3-4-9(13)10(14)6-8/h3-4,6H,2,5,7,14H2,1H3. The molecule has 1 aromatic heterocycles. The Morgan fingerprint density at radius 1 is 1.44 bits per heavy atom. The highest BCUT2D eigenvalue weighted by molar-refractivity contribution is 5.59. The zero-order valence-electron chi connectivity index (χ0n) is 10.0. The van der Waals surface area contributed by atoms with Crippen molar-refractivity contribution in [3.63, 3.8) is 0 Å². The van der Waals surface area contributed by atoms with Crippen molar-refractivity contribution in [2.45, 2.75) is 20.0 Å². The van der Waals surface area contributed by atoms with E-state index >= 15 is 0 Å². The van der Waals surface area contributed by atoms with E-state index in [4.69, 9.17) is 15.0 Å². The first-order valence-electron chi connectivity index (χ1n) is 5.66. The molecule has 0 saturated carbocycles. The summed E-state index contributed by atoms with van der Waals surface area (Å²) in [7, 11) is 0. The van der Waals surface area contributed by atoms with Crippen LogP contribution in [0.5, 0.6) is 0 Å². The Hall–Kier alpha value is -1.95. The molecule has 6 heteroatoms. The molecule has 2 N–H and O–H groups in total. The summed E-state index contributed by atoms with van der Waals surface area (Å²) < 4.78 is 23.4. The fraction of sp³-hybridized carbons (Fsp3) is 0.333. The molecule has 5 nitrogen and oxygen atoms in total. The molecule has 2 aromatic rings. The van der Waals surface area contributed by atoms with Crippen LogP contribution in [0.3, 0.4) is 0 Å². The van der Waals surface area contributed by atoms with Crippen molar-refractivity contribution in [1.82, 2.24) is 10.1 Å². The number of halogens is 1. The first-order chi connectivity index (χ1) is 8.70. The van der Waals surface area contributed by atoms with E-state index in [1.807, 2.05) is 6.92 Å². The third-order valence-corrected chi connectivity index (χ3v) is 2.29. The summed E-state index contributed by atoms with van der Waals surface area (Å²) in [6.07, 6.45) is 0.930. The largest absolute Gasteiger partial charge is 0.396 e. The van der Waals surface area contributed by atoms with Crippen molar-refractivity contribution in [3.8, 4) is 11.5 Å². The number of aromatic nitrogens is 2. The van der Waals surface area contributed by atoms with Gasteiger partial charge in [-0.05, 0) is 24.6 Å². The molecule has 0 saturated heterocycles. The predicted octanol–water partition coefficient (Wildman–Crippen LogP) is 2.38. The third-order valence-electron chi connectivity index (χ3n) is 2.29. The lowest BCUT2D eigenvalue weighted by Crippen LogP contribution is -1.96. The molecule has 18 heavy (non-hydrogen) atoms. The van der Waals surface area contributed by atoms with Gasteiger partial charge in [-0.2, -0.15) is 4.98 Å². The SMILES string of the molecule is CCCOCc1noc(-c2ccc(F)c(N)c2)n1. The molecule has 0 radical (unpaired) electrons. The fourth-order valence-electron chi connectivity index (χ4n) is 1.41. The van der Waals surface area contributed by atoms with Crippen molar-refractivity contribution in [3.05, 3.63) is 29.8 Å². The van der Waals surface area contributed by atoms with Gasteiger partial charge in [0.1, 0.15) is 12.4 Å². The Morgan fingerprint density at radius 2 is 2.28 bits per heavy atom. The summed E-state index contributed by atoms with van der Waals surface area (Å²) in [4.78, 5) is 4.14. The number of hydrogen-bond donors (Lipinski definition) is 1. The quantitative estimate of drug-likeness (QED) is 0.652. The molecule has 0 aliphatic rings. The highest BCUT2D eigenvalue weighted by Gasteiger charge is 2.10. The number of nitrogens with zero attached hydrogens (tertiary/aromatic N) is 2. The van der Waals surface area contributed by atoms with E-state index in [0.717, 1.165) is 6.42 Å². The minimum atomic E-state index is -0.468. The molecule has 0 amide bonds. The van der Waals surface area contributed by atoms with Gasteiger partial charge in [0.15, 0.2) is 5.82 Å². The molecule has 0 unspecified atom stereocenters. The normalized spacial score (nSPS) is 10.8. The second-order valence-electron chi connectivity index (χ2n) is 3.80. The van der Waals surface area contributed by atoms with Gasteiger partial charge in [-0.1, -0.05) is 12.1 Å². The van der Waals surface area contributed by atoms with E-state index < -0.39 is 5.82 Å². The number of anilines is 1. The third kappa shape index (κ3) is 2.84. The summed E-state index contributed by atoms with van der Waals surface area (Å²) in [5.74, 6) is 0.294. The highest BCUT2D eigenvalue weighted by atomic mass is 19.1. The molecule has 1 aromatic carbocycles. The summed E-state index contributed by atoms with van der Waals surface area (Å²) in [5, 5.41) is 3.77. The van der Waals surface area contributed by atoms with Crippen molar-refractivity contribution in [2.24, 2.45) is 0 Å². The maximum absolute atomic E-state index is 13.0. The van der Waals surface area contributed by atoms with Crippen LogP contribution in [0.15, 0.2) is 22.7 Å². The van der Waals surface area contributed by atoms with Gasteiger partial charge in [0.25, 0.3) is 5.89 Å². The molecular weight excluding hydrogens is 237 g/mol. The minimum absolute atomic E-state index is 0.0504. The maximum atomic E-state index is 13.0. The lowest BCUT2D eigenvalue weighted by molar-refractivity contribution is 0.114. The average Bonchev–Trinajstić information content (AvgIpc) is 2.82. The fourth-order valence-corrected chi connectivity index (χ4v) is 1.41. The van der Waals surface area contributed by atoms with Gasteiger partial charge in [-0.25, -0.2) is 4.39 Å². The van der Waals surface area contributed by atoms with Gasteiger partial charge >= 0.3 is 0 Å². The van der Waals surface area contributed by atoms with Gasteiger partial charge in [0.2, 0.25) is 0 Å². The highest BCUT2D eigenvalue weighted by Crippen LogP contribution is 2.21. The Labute approximate surface area is 104 Å². The summed E-state index contributed by atoms with van der Waals surface area (Å²) >= 11 is 0. The number of ether oxygens (including phenoxy) is 1. The van der Waals surface area contributed by atoms with Crippen LogP contribution >= 0.6 is 0 Å². The lowest BCUT2D eigenvalue weighted by atomic mass is 10.2. The van der Waals surface area contributed by atoms with Gasteiger partial charge in [-0.15, -0.1) is 0 Å². The van der Waals surface area contributed by atoms with Gasteiger partial charge < -0.3 is 15.0 Å². The van der Waals surface area contributed by atoms with E-state index in [1.54, 1.807) is 0 Å². The predicted molar refractivity (Wildman–Crippen MR) is 64.1 cm³/mol. The maximum Gasteiger partial charge on any atom is 0.258 e. The number of nitrogen functional groups attached to an aromatic ring is 1.